The van der Waals surface area contributed by atoms with Gasteiger partial charge in [-0.15, -0.1) is 0 Å². The van der Waals surface area contributed by atoms with Crippen LogP contribution in [0.2, 0.25) is 0 Å². The molecule has 3 N–H and O–H groups in total. The molecule has 1 aromatic rings. The zero-order chi connectivity index (χ0) is 13.0. The number of Topliss-reactive ketones (excluding diaryl/α,β-unsaturated/α-hetero) is 1. The molecular weight excluding hydrogens is 228 g/mol. The molecule has 0 aliphatic carbocycles. The molecule has 1 heterocycles. The highest BCUT2D eigenvalue weighted by atomic mass is 16.5. The van der Waals surface area contributed by atoms with E-state index in [0.717, 1.165) is 25.9 Å². The number of hydrogen-bond acceptors (Lipinski definition) is 4. The van der Waals surface area contributed by atoms with Crippen LogP contribution in [0.1, 0.15) is 29.6 Å². The number of carbonyl (C=O) groups excluding carboxylic acids is 1. The van der Waals surface area contributed by atoms with Crippen molar-refractivity contribution in [1.29, 1.82) is 0 Å². The zero-order valence-electron chi connectivity index (χ0n) is 10.7. The number of piperidine rings is 1. The molecule has 1 aromatic carbocycles. The molecule has 0 saturated carbocycles. The smallest absolute Gasteiger partial charge is 0.165 e. The first-order valence-electron chi connectivity index (χ1n) is 6.38. The van der Waals surface area contributed by atoms with E-state index in [0.29, 0.717) is 29.3 Å². The molecule has 18 heavy (non-hydrogen) atoms. The van der Waals surface area contributed by atoms with Gasteiger partial charge in [0.25, 0.3) is 0 Å². The van der Waals surface area contributed by atoms with Crippen molar-refractivity contribution in [3.05, 3.63) is 23.8 Å². The lowest BCUT2D eigenvalue weighted by Gasteiger charge is -2.22. The molecule has 1 aliphatic rings. The lowest BCUT2D eigenvalue weighted by molar-refractivity contribution is 0.0954. The van der Waals surface area contributed by atoms with E-state index in [-0.39, 0.29) is 5.78 Å². The SMILES string of the molecule is COc1cccc(C(=O)CC2CCCNC2)c1N. The van der Waals surface area contributed by atoms with Gasteiger partial charge in [-0.3, -0.25) is 4.79 Å². The van der Waals surface area contributed by atoms with Crippen LogP contribution in [-0.4, -0.2) is 26.0 Å². The number of methoxy groups -OCH3 is 1. The van der Waals surface area contributed by atoms with Crippen molar-refractivity contribution >= 4 is 11.5 Å². The summed E-state index contributed by atoms with van der Waals surface area (Å²) in [6, 6.07) is 5.35. The predicted molar refractivity (Wildman–Crippen MR) is 71.9 cm³/mol. The second kappa shape index (κ2) is 5.87. The van der Waals surface area contributed by atoms with Crippen LogP contribution in [-0.2, 0) is 0 Å². The predicted octanol–water partition coefficient (Wildman–Crippen LogP) is 1.85. The standard InChI is InChI=1S/C14H20N2O2/c1-18-13-6-2-5-11(14(13)15)12(17)8-10-4-3-7-16-9-10/h2,5-6,10,16H,3-4,7-9,15H2,1H3. The Morgan fingerprint density at radius 1 is 1.56 bits per heavy atom. The Morgan fingerprint density at radius 2 is 2.39 bits per heavy atom. The van der Waals surface area contributed by atoms with Crippen LogP contribution in [0.3, 0.4) is 0 Å². The van der Waals surface area contributed by atoms with Gasteiger partial charge in [0.05, 0.1) is 12.8 Å². The summed E-state index contributed by atoms with van der Waals surface area (Å²) in [6.45, 7) is 1.99. The molecule has 0 amide bonds. The van der Waals surface area contributed by atoms with Gasteiger partial charge in [-0.05, 0) is 44.0 Å². The number of rotatable bonds is 4. The van der Waals surface area contributed by atoms with Gasteiger partial charge in [-0.1, -0.05) is 6.07 Å². The summed E-state index contributed by atoms with van der Waals surface area (Å²) in [4.78, 5) is 12.2. The van der Waals surface area contributed by atoms with Gasteiger partial charge in [0.2, 0.25) is 0 Å². The average Bonchev–Trinajstić information content (AvgIpc) is 2.40. The Balaban J connectivity index is 2.08. The number of nitrogen functional groups attached to an aromatic ring is 1. The summed E-state index contributed by atoms with van der Waals surface area (Å²) >= 11 is 0. The van der Waals surface area contributed by atoms with E-state index in [2.05, 4.69) is 5.32 Å². The molecular formula is C14H20N2O2. The first kappa shape index (κ1) is 12.9. The summed E-state index contributed by atoms with van der Waals surface area (Å²) in [5.41, 5.74) is 6.97. The lowest BCUT2D eigenvalue weighted by atomic mass is 9.91. The van der Waals surface area contributed by atoms with Crippen LogP contribution in [0, 0.1) is 5.92 Å². The molecule has 1 saturated heterocycles. The molecule has 1 fully saturated rings. The topological polar surface area (TPSA) is 64.3 Å². The molecule has 0 spiro atoms. The highest BCUT2D eigenvalue weighted by Gasteiger charge is 2.20. The van der Waals surface area contributed by atoms with Crippen molar-refractivity contribution in [1.82, 2.24) is 5.32 Å². The molecule has 4 nitrogen and oxygen atoms in total. The van der Waals surface area contributed by atoms with Crippen LogP contribution in [0.15, 0.2) is 18.2 Å². The van der Waals surface area contributed by atoms with E-state index >= 15 is 0 Å². The van der Waals surface area contributed by atoms with Crippen LogP contribution < -0.4 is 15.8 Å². The maximum atomic E-state index is 12.2. The monoisotopic (exact) mass is 248 g/mol. The molecule has 1 aliphatic heterocycles. The molecule has 1 unspecified atom stereocenters. The van der Waals surface area contributed by atoms with Gasteiger partial charge in [-0.2, -0.15) is 0 Å². The third-order valence-electron chi connectivity index (χ3n) is 3.46. The van der Waals surface area contributed by atoms with Gasteiger partial charge < -0.3 is 15.8 Å². The van der Waals surface area contributed by atoms with E-state index in [1.54, 1.807) is 19.2 Å². The molecule has 4 heteroatoms. The summed E-state index contributed by atoms with van der Waals surface area (Å²) in [5.74, 6) is 1.11. The van der Waals surface area contributed by atoms with Gasteiger partial charge in [0, 0.05) is 12.0 Å². The second-order valence-electron chi connectivity index (χ2n) is 4.76. The first-order chi connectivity index (χ1) is 8.72. The number of benzene rings is 1. The third-order valence-corrected chi connectivity index (χ3v) is 3.46. The minimum atomic E-state index is 0.111. The first-order valence-corrected chi connectivity index (χ1v) is 6.38. The Morgan fingerprint density at radius 3 is 3.06 bits per heavy atom. The fourth-order valence-electron chi connectivity index (χ4n) is 2.44. The number of carbonyl (C=O) groups is 1. The maximum Gasteiger partial charge on any atom is 0.165 e. The van der Waals surface area contributed by atoms with Gasteiger partial charge in [0.15, 0.2) is 5.78 Å². The Labute approximate surface area is 108 Å². The van der Waals surface area contributed by atoms with E-state index in [4.69, 9.17) is 10.5 Å². The second-order valence-corrected chi connectivity index (χ2v) is 4.76. The quantitative estimate of drug-likeness (QED) is 0.630. The highest BCUT2D eigenvalue weighted by Crippen LogP contribution is 2.27. The number of ketones is 1. The summed E-state index contributed by atoms with van der Waals surface area (Å²) in [5, 5.41) is 3.32. The number of anilines is 1. The normalized spacial score (nSPS) is 19.5. The highest BCUT2D eigenvalue weighted by molar-refractivity contribution is 6.02. The van der Waals surface area contributed by atoms with Crippen LogP contribution >= 0.6 is 0 Å². The Bertz CT molecular complexity index is 426. The van der Waals surface area contributed by atoms with E-state index in [1.807, 2.05) is 6.07 Å². The van der Waals surface area contributed by atoms with Gasteiger partial charge >= 0.3 is 0 Å². The zero-order valence-corrected chi connectivity index (χ0v) is 10.7. The summed E-state index contributed by atoms with van der Waals surface area (Å²) in [6.07, 6.45) is 2.82. The number of para-hydroxylation sites is 1. The molecule has 0 aromatic heterocycles. The fraction of sp³-hybridized carbons (Fsp3) is 0.500. The van der Waals surface area contributed by atoms with Gasteiger partial charge in [0.1, 0.15) is 5.75 Å². The van der Waals surface area contributed by atoms with Crippen molar-refractivity contribution in [2.45, 2.75) is 19.3 Å². The molecule has 98 valence electrons. The van der Waals surface area contributed by atoms with Crippen molar-refractivity contribution in [3.63, 3.8) is 0 Å². The van der Waals surface area contributed by atoms with Crippen molar-refractivity contribution in [2.24, 2.45) is 5.92 Å². The molecule has 2 rings (SSSR count). The lowest BCUT2D eigenvalue weighted by Crippen LogP contribution is -2.31. The molecule has 0 radical (unpaired) electrons. The molecule has 1 atom stereocenters. The average molecular weight is 248 g/mol. The Kier molecular flexibility index (Phi) is 4.20. The number of ether oxygens (including phenoxy) is 1. The van der Waals surface area contributed by atoms with Crippen molar-refractivity contribution in [2.75, 3.05) is 25.9 Å². The summed E-state index contributed by atoms with van der Waals surface area (Å²) in [7, 11) is 1.56. The van der Waals surface area contributed by atoms with E-state index in [1.165, 1.54) is 0 Å². The van der Waals surface area contributed by atoms with Crippen LogP contribution in [0.5, 0.6) is 5.75 Å². The largest absolute Gasteiger partial charge is 0.495 e. The molecule has 0 bridgehead atoms. The van der Waals surface area contributed by atoms with Gasteiger partial charge in [-0.25, -0.2) is 0 Å². The maximum absolute atomic E-state index is 12.2. The number of hydrogen-bond donors (Lipinski definition) is 2. The summed E-state index contributed by atoms with van der Waals surface area (Å²) < 4.78 is 5.14. The minimum Gasteiger partial charge on any atom is -0.495 e. The van der Waals surface area contributed by atoms with Crippen molar-refractivity contribution in [3.8, 4) is 5.75 Å². The fourth-order valence-corrected chi connectivity index (χ4v) is 2.44. The van der Waals surface area contributed by atoms with Crippen LogP contribution in [0.4, 0.5) is 5.69 Å². The minimum absolute atomic E-state index is 0.111. The number of nitrogens with one attached hydrogen (secondary N) is 1. The van der Waals surface area contributed by atoms with E-state index < -0.39 is 0 Å². The Hall–Kier alpha value is -1.55. The van der Waals surface area contributed by atoms with Crippen LogP contribution in [0.25, 0.3) is 0 Å². The number of nitrogens with two attached hydrogens (primary N) is 1. The van der Waals surface area contributed by atoms with E-state index in [9.17, 15) is 4.79 Å². The third kappa shape index (κ3) is 2.82. The van der Waals surface area contributed by atoms with Crippen molar-refractivity contribution < 1.29 is 9.53 Å².